The fourth-order valence-corrected chi connectivity index (χ4v) is 1.30. The first kappa shape index (κ1) is 9.08. The quantitative estimate of drug-likeness (QED) is 0.431. The molecule has 1 aliphatic heterocycles. The highest BCUT2D eigenvalue weighted by molar-refractivity contribution is 5.52. The first-order chi connectivity index (χ1) is 5.86. The van der Waals surface area contributed by atoms with Crippen molar-refractivity contribution in [1.29, 1.82) is 0 Å². The molecule has 0 spiro atoms. The molecule has 12 heavy (non-hydrogen) atoms. The first-order valence-electron chi connectivity index (χ1n) is 4.26. The van der Waals surface area contributed by atoms with Crippen LogP contribution in [0.25, 0.3) is 0 Å². The van der Waals surface area contributed by atoms with Crippen LogP contribution in [0.4, 0.5) is 0 Å². The highest BCUT2D eigenvalue weighted by atomic mass is 15.5. The molecule has 1 rings (SSSR count). The Labute approximate surface area is 74.0 Å². The molecule has 0 aromatic carbocycles. The monoisotopic (exact) mass is 165 g/mol. The molecule has 3 nitrogen and oxygen atoms in total. The number of hydrogen-bond donors (Lipinski definition) is 0. The third-order valence-electron chi connectivity index (χ3n) is 1.94. The van der Waals surface area contributed by atoms with Gasteiger partial charge in [-0.25, -0.2) is 0 Å². The van der Waals surface area contributed by atoms with Gasteiger partial charge in [-0.15, -0.1) is 6.42 Å². The molecule has 1 heterocycles. The van der Waals surface area contributed by atoms with Gasteiger partial charge in [-0.2, -0.15) is 5.10 Å². The Morgan fingerprint density at radius 3 is 2.58 bits per heavy atom. The summed E-state index contributed by atoms with van der Waals surface area (Å²) in [6.45, 7) is 6.75. The van der Waals surface area contributed by atoms with Gasteiger partial charge >= 0.3 is 0 Å². The summed E-state index contributed by atoms with van der Waals surface area (Å²) in [5, 5.41) is 6.28. The second-order valence-electron chi connectivity index (χ2n) is 2.81. The van der Waals surface area contributed by atoms with E-state index in [2.05, 4.69) is 20.9 Å². The lowest BCUT2D eigenvalue weighted by Crippen LogP contribution is -2.44. The maximum atomic E-state index is 5.22. The maximum absolute atomic E-state index is 5.22. The van der Waals surface area contributed by atoms with Crippen molar-refractivity contribution in [2.24, 2.45) is 5.10 Å². The molecule has 0 aromatic rings. The van der Waals surface area contributed by atoms with Crippen LogP contribution < -0.4 is 0 Å². The Bertz CT molecular complexity index is 184. The summed E-state index contributed by atoms with van der Waals surface area (Å²) in [5.74, 6) is 2.65. The summed E-state index contributed by atoms with van der Waals surface area (Å²) in [6, 6.07) is 0. The van der Waals surface area contributed by atoms with Crippen LogP contribution in [0.2, 0.25) is 0 Å². The summed E-state index contributed by atoms with van der Waals surface area (Å²) < 4.78 is 0. The zero-order chi connectivity index (χ0) is 8.81. The van der Waals surface area contributed by atoms with Crippen LogP contribution in [0.1, 0.15) is 6.92 Å². The number of rotatable bonds is 2. The number of hydrazone groups is 1. The topological polar surface area (TPSA) is 18.8 Å². The predicted molar refractivity (Wildman–Crippen MR) is 51.0 cm³/mol. The SMILES string of the molecule is C#CCN1CCN(/N=C/C)CC1. The second-order valence-corrected chi connectivity index (χ2v) is 2.81. The molecule has 0 radical (unpaired) electrons. The summed E-state index contributed by atoms with van der Waals surface area (Å²) in [5.41, 5.74) is 0. The Morgan fingerprint density at radius 1 is 1.42 bits per heavy atom. The van der Waals surface area contributed by atoms with Gasteiger partial charge in [0.15, 0.2) is 0 Å². The van der Waals surface area contributed by atoms with Crippen LogP contribution in [-0.4, -0.2) is 48.8 Å². The molecule has 66 valence electrons. The van der Waals surface area contributed by atoms with E-state index in [1.54, 1.807) is 0 Å². The zero-order valence-corrected chi connectivity index (χ0v) is 7.53. The van der Waals surface area contributed by atoms with Gasteiger partial charge in [0.2, 0.25) is 0 Å². The standard InChI is InChI=1S/C9H15N3/c1-3-5-11-6-8-12(9-7-11)10-4-2/h1,4H,5-9H2,2H3/b10-4+. The summed E-state index contributed by atoms with van der Waals surface area (Å²) in [7, 11) is 0. The smallest absolute Gasteiger partial charge is 0.0600 e. The second kappa shape index (κ2) is 4.78. The number of terminal acetylenes is 1. The van der Waals surface area contributed by atoms with Gasteiger partial charge in [0.05, 0.1) is 6.54 Å². The minimum atomic E-state index is 0.768. The van der Waals surface area contributed by atoms with Crippen LogP contribution in [0, 0.1) is 12.3 Å². The Balaban J connectivity index is 2.25. The molecule has 0 saturated carbocycles. The zero-order valence-electron chi connectivity index (χ0n) is 7.53. The van der Waals surface area contributed by atoms with Gasteiger partial charge in [-0.3, -0.25) is 9.91 Å². The minimum absolute atomic E-state index is 0.768. The molecule has 1 aliphatic rings. The molecular formula is C9H15N3. The fraction of sp³-hybridized carbons (Fsp3) is 0.667. The molecule has 1 saturated heterocycles. The predicted octanol–water partition coefficient (Wildman–Crippen LogP) is 0.243. The van der Waals surface area contributed by atoms with E-state index in [4.69, 9.17) is 6.42 Å². The van der Waals surface area contributed by atoms with Crippen molar-refractivity contribution in [2.45, 2.75) is 6.92 Å². The van der Waals surface area contributed by atoms with Gasteiger partial charge in [-0.1, -0.05) is 5.92 Å². The number of piperazine rings is 1. The van der Waals surface area contributed by atoms with E-state index in [0.717, 1.165) is 32.7 Å². The van der Waals surface area contributed by atoms with Gasteiger partial charge in [0.1, 0.15) is 0 Å². The van der Waals surface area contributed by atoms with Crippen molar-refractivity contribution in [3.05, 3.63) is 0 Å². The van der Waals surface area contributed by atoms with Crippen molar-refractivity contribution in [1.82, 2.24) is 9.91 Å². The van der Waals surface area contributed by atoms with E-state index in [1.807, 2.05) is 13.1 Å². The molecule has 0 aromatic heterocycles. The first-order valence-corrected chi connectivity index (χ1v) is 4.26. The number of hydrogen-bond acceptors (Lipinski definition) is 3. The van der Waals surface area contributed by atoms with Crippen LogP contribution in [0.3, 0.4) is 0 Å². The van der Waals surface area contributed by atoms with E-state index in [-0.39, 0.29) is 0 Å². The van der Waals surface area contributed by atoms with Crippen molar-refractivity contribution in [3.8, 4) is 12.3 Å². The molecule has 0 unspecified atom stereocenters. The largest absolute Gasteiger partial charge is 0.295 e. The third kappa shape index (κ3) is 2.55. The van der Waals surface area contributed by atoms with Crippen LogP contribution in [-0.2, 0) is 0 Å². The molecule has 0 N–H and O–H groups in total. The van der Waals surface area contributed by atoms with Gasteiger partial charge in [0.25, 0.3) is 0 Å². The van der Waals surface area contributed by atoms with Gasteiger partial charge in [-0.05, 0) is 6.92 Å². The lowest BCUT2D eigenvalue weighted by Gasteiger charge is -2.31. The average molecular weight is 165 g/mol. The summed E-state index contributed by atoms with van der Waals surface area (Å²) in [6.07, 6.45) is 7.05. The molecule has 0 aliphatic carbocycles. The average Bonchev–Trinajstić information content (AvgIpc) is 2.09. The minimum Gasteiger partial charge on any atom is -0.295 e. The van der Waals surface area contributed by atoms with Gasteiger partial charge < -0.3 is 0 Å². The van der Waals surface area contributed by atoms with E-state index in [0.29, 0.717) is 0 Å². The molecular weight excluding hydrogens is 150 g/mol. The fourth-order valence-electron chi connectivity index (χ4n) is 1.30. The summed E-state index contributed by atoms with van der Waals surface area (Å²) >= 11 is 0. The highest BCUT2D eigenvalue weighted by Crippen LogP contribution is 2.00. The van der Waals surface area contributed by atoms with Crippen molar-refractivity contribution in [2.75, 3.05) is 32.7 Å². The normalized spacial score (nSPS) is 19.8. The van der Waals surface area contributed by atoms with Crippen LogP contribution in [0.15, 0.2) is 5.10 Å². The Morgan fingerprint density at radius 2 is 2.08 bits per heavy atom. The van der Waals surface area contributed by atoms with Crippen molar-refractivity contribution >= 4 is 6.21 Å². The molecule has 0 amide bonds. The number of nitrogens with zero attached hydrogens (tertiary/aromatic N) is 3. The lowest BCUT2D eigenvalue weighted by atomic mass is 10.3. The Hall–Kier alpha value is -1.01. The lowest BCUT2D eigenvalue weighted by molar-refractivity contribution is 0.149. The highest BCUT2D eigenvalue weighted by Gasteiger charge is 2.13. The van der Waals surface area contributed by atoms with E-state index in [9.17, 15) is 0 Å². The van der Waals surface area contributed by atoms with Crippen LogP contribution in [0.5, 0.6) is 0 Å². The van der Waals surface area contributed by atoms with Crippen molar-refractivity contribution < 1.29 is 0 Å². The Kier molecular flexibility index (Phi) is 3.62. The van der Waals surface area contributed by atoms with E-state index in [1.165, 1.54) is 0 Å². The van der Waals surface area contributed by atoms with Crippen LogP contribution >= 0.6 is 0 Å². The molecule has 0 atom stereocenters. The molecule has 0 bridgehead atoms. The summed E-state index contributed by atoms with van der Waals surface area (Å²) in [4.78, 5) is 2.27. The maximum Gasteiger partial charge on any atom is 0.0600 e. The van der Waals surface area contributed by atoms with Gasteiger partial charge in [0, 0.05) is 32.4 Å². The van der Waals surface area contributed by atoms with E-state index < -0.39 is 0 Å². The third-order valence-corrected chi connectivity index (χ3v) is 1.94. The van der Waals surface area contributed by atoms with Crippen molar-refractivity contribution in [3.63, 3.8) is 0 Å². The molecule has 3 heteroatoms. The molecule has 1 fully saturated rings. The van der Waals surface area contributed by atoms with E-state index >= 15 is 0 Å².